The minimum Gasteiger partial charge on any atom is -0.496 e. The monoisotopic (exact) mass is 303 g/mol. The molecular weight excluding hydrogens is 290 g/mol. The van der Waals surface area contributed by atoms with Crippen LogP contribution in [-0.4, -0.2) is 18.0 Å². The maximum Gasteiger partial charge on any atom is 0.336 e. The fourth-order valence-corrected chi connectivity index (χ4v) is 1.69. The summed E-state index contributed by atoms with van der Waals surface area (Å²) in [6.45, 7) is 1.77. The van der Waals surface area contributed by atoms with Gasteiger partial charge in [-0.25, -0.2) is 4.79 Å². The molecule has 0 fully saturated rings. The highest BCUT2D eigenvalue weighted by atomic mass is 16.6. The van der Waals surface area contributed by atoms with E-state index < -0.39 is 10.9 Å². The number of nitro benzene ring substituents is 1. The number of aryl methyl sites for hydroxylation is 1. The van der Waals surface area contributed by atoms with Crippen LogP contribution in [-0.2, 0) is 4.79 Å². The second kappa shape index (κ2) is 6.57. The van der Waals surface area contributed by atoms with Crippen LogP contribution in [0.5, 0.6) is 11.5 Å². The lowest BCUT2D eigenvalue weighted by Gasteiger charge is -2.04. The van der Waals surface area contributed by atoms with Crippen LogP contribution in [0.1, 0.15) is 11.5 Å². The first-order valence-electron chi connectivity index (χ1n) is 6.28. The topological polar surface area (TPSA) is 91.8 Å². The molecule has 0 aliphatic carbocycles. The van der Waals surface area contributed by atoms with Gasteiger partial charge in [-0.3, -0.25) is 10.1 Å². The van der Waals surface area contributed by atoms with Gasteiger partial charge in [0, 0.05) is 6.08 Å². The molecule has 22 heavy (non-hydrogen) atoms. The van der Waals surface area contributed by atoms with Crippen molar-refractivity contribution in [2.24, 2.45) is 0 Å². The van der Waals surface area contributed by atoms with Crippen LogP contribution in [0.2, 0.25) is 0 Å². The predicted molar refractivity (Wildman–Crippen MR) is 77.8 cm³/mol. The maximum atomic E-state index is 11.7. The number of hydrogen-bond donors (Lipinski definition) is 0. The summed E-state index contributed by atoms with van der Waals surface area (Å²) in [6.07, 6.45) is 2.55. The highest BCUT2D eigenvalue weighted by molar-refractivity contribution is 5.88. The normalized spacial score (nSPS) is 10.6. The molecule has 0 bridgehead atoms. The number of ether oxygens (including phenoxy) is 2. The van der Waals surface area contributed by atoms with E-state index in [2.05, 4.69) is 0 Å². The molecule has 0 amide bonds. The van der Waals surface area contributed by atoms with E-state index in [9.17, 15) is 14.9 Å². The molecule has 1 aromatic heterocycles. The Kier molecular flexibility index (Phi) is 4.57. The van der Waals surface area contributed by atoms with Crippen LogP contribution in [0.3, 0.4) is 0 Å². The van der Waals surface area contributed by atoms with Gasteiger partial charge < -0.3 is 13.9 Å². The highest BCUT2D eigenvalue weighted by Gasteiger charge is 2.18. The second-order valence-electron chi connectivity index (χ2n) is 4.29. The molecular formula is C15H13NO6. The molecule has 2 aromatic rings. The molecule has 0 saturated heterocycles. The van der Waals surface area contributed by atoms with Crippen LogP contribution in [0.15, 0.2) is 40.8 Å². The van der Waals surface area contributed by atoms with E-state index in [0.717, 1.165) is 6.08 Å². The fourth-order valence-electron chi connectivity index (χ4n) is 1.69. The lowest BCUT2D eigenvalue weighted by atomic mass is 10.3. The molecule has 1 aromatic carbocycles. The predicted octanol–water partition coefficient (Wildman–Crippen LogP) is 3.12. The van der Waals surface area contributed by atoms with Crippen molar-refractivity contribution in [1.29, 1.82) is 0 Å². The smallest absolute Gasteiger partial charge is 0.336 e. The Labute approximate surface area is 125 Å². The molecule has 0 radical (unpaired) electrons. The summed E-state index contributed by atoms with van der Waals surface area (Å²) in [7, 11) is 1.39. The van der Waals surface area contributed by atoms with E-state index in [1.807, 2.05) is 0 Å². The Morgan fingerprint density at radius 3 is 2.68 bits per heavy atom. The Balaban J connectivity index is 2.14. The molecule has 0 aliphatic rings. The molecule has 1 heterocycles. The quantitative estimate of drug-likeness (QED) is 0.277. The summed E-state index contributed by atoms with van der Waals surface area (Å²) in [5.74, 6) is 0.587. The average molecular weight is 303 g/mol. The number of hydrogen-bond acceptors (Lipinski definition) is 6. The molecule has 7 heteroatoms. The summed E-state index contributed by atoms with van der Waals surface area (Å²) in [6, 6.07) is 7.39. The third-order valence-electron chi connectivity index (χ3n) is 2.72. The number of benzene rings is 1. The van der Waals surface area contributed by atoms with Gasteiger partial charge in [0.1, 0.15) is 17.3 Å². The van der Waals surface area contributed by atoms with Crippen molar-refractivity contribution >= 4 is 17.7 Å². The summed E-state index contributed by atoms with van der Waals surface area (Å²) >= 11 is 0. The van der Waals surface area contributed by atoms with Crippen molar-refractivity contribution in [3.8, 4) is 11.5 Å². The minimum absolute atomic E-state index is 0.156. The van der Waals surface area contributed by atoms with Gasteiger partial charge in [0.15, 0.2) is 0 Å². The van der Waals surface area contributed by atoms with E-state index in [0.29, 0.717) is 17.3 Å². The maximum absolute atomic E-state index is 11.7. The number of esters is 1. The number of furan rings is 1. The lowest BCUT2D eigenvalue weighted by Crippen LogP contribution is -2.06. The van der Waals surface area contributed by atoms with Crippen LogP contribution < -0.4 is 9.47 Å². The first kappa shape index (κ1) is 15.3. The molecule has 0 saturated carbocycles. The number of rotatable bonds is 5. The Hall–Kier alpha value is -3.09. The van der Waals surface area contributed by atoms with Gasteiger partial charge >= 0.3 is 11.7 Å². The van der Waals surface area contributed by atoms with E-state index in [1.165, 1.54) is 31.4 Å². The second-order valence-corrected chi connectivity index (χ2v) is 4.29. The van der Waals surface area contributed by atoms with Crippen molar-refractivity contribution < 1.29 is 23.6 Å². The first-order chi connectivity index (χ1) is 10.5. The van der Waals surface area contributed by atoms with Gasteiger partial charge in [-0.1, -0.05) is 0 Å². The number of nitro groups is 1. The zero-order valence-electron chi connectivity index (χ0n) is 11.9. The molecule has 2 rings (SSSR count). The Morgan fingerprint density at radius 1 is 1.32 bits per heavy atom. The number of carbonyl (C=O) groups is 1. The molecule has 0 N–H and O–H groups in total. The first-order valence-corrected chi connectivity index (χ1v) is 6.28. The molecule has 114 valence electrons. The molecule has 0 atom stereocenters. The molecule has 0 aliphatic heterocycles. The van der Waals surface area contributed by atoms with Crippen molar-refractivity contribution in [2.45, 2.75) is 6.92 Å². The van der Waals surface area contributed by atoms with Crippen LogP contribution >= 0.6 is 0 Å². The third-order valence-corrected chi connectivity index (χ3v) is 2.72. The van der Waals surface area contributed by atoms with Gasteiger partial charge in [0.05, 0.1) is 18.1 Å². The van der Waals surface area contributed by atoms with Crippen molar-refractivity contribution in [1.82, 2.24) is 0 Å². The SMILES string of the molecule is COc1ccc(OC(=O)C=Cc2ccc(C)o2)c([N+](=O)[O-])c1. The summed E-state index contributed by atoms with van der Waals surface area (Å²) < 4.78 is 15.1. The van der Waals surface area contributed by atoms with Crippen molar-refractivity contribution in [3.05, 3.63) is 58.0 Å². The molecule has 7 nitrogen and oxygen atoms in total. The Bertz CT molecular complexity index is 731. The summed E-state index contributed by atoms with van der Waals surface area (Å²) in [5.41, 5.74) is -0.352. The fraction of sp³-hybridized carbons (Fsp3) is 0.133. The van der Waals surface area contributed by atoms with E-state index >= 15 is 0 Å². The van der Waals surface area contributed by atoms with Gasteiger partial charge in [0.25, 0.3) is 0 Å². The summed E-state index contributed by atoms with van der Waals surface area (Å²) in [4.78, 5) is 22.0. The Morgan fingerprint density at radius 2 is 2.09 bits per heavy atom. The zero-order chi connectivity index (χ0) is 16.1. The van der Waals surface area contributed by atoms with Crippen LogP contribution in [0.25, 0.3) is 6.08 Å². The lowest BCUT2D eigenvalue weighted by molar-refractivity contribution is -0.385. The average Bonchev–Trinajstić information content (AvgIpc) is 2.91. The number of nitrogens with zero attached hydrogens (tertiary/aromatic N) is 1. The van der Waals surface area contributed by atoms with Gasteiger partial charge in [-0.2, -0.15) is 0 Å². The van der Waals surface area contributed by atoms with E-state index in [4.69, 9.17) is 13.9 Å². The highest BCUT2D eigenvalue weighted by Crippen LogP contribution is 2.31. The molecule has 0 spiro atoms. The van der Waals surface area contributed by atoms with Gasteiger partial charge in [0.2, 0.25) is 5.75 Å². The third kappa shape index (κ3) is 3.72. The van der Waals surface area contributed by atoms with E-state index in [1.54, 1.807) is 19.1 Å². The minimum atomic E-state index is -0.748. The zero-order valence-corrected chi connectivity index (χ0v) is 11.9. The van der Waals surface area contributed by atoms with Crippen molar-refractivity contribution in [2.75, 3.05) is 7.11 Å². The van der Waals surface area contributed by atoms with Crippen LogP contribution in [0, 0.1) is 17.0 Å². The molecule has 0 unspecified atom stereocenters. The number of carbonyl (C=O) groups excluding carboxylic acids is 1. The van der Waals surface area contributed by atoms with Crippen molar-refractivity contribution in [3.63, 3.8) is 0 Å². The number of methoxy groups -OCH3 is 1. The largest absolute Gasteiger partial charge is 0.496 e. The van der Waals surface area contributed by atoms with E-state index in [-0.39, 0.29) is 11.4 Å². The standard InChI is InChI=1S/C15H13NO6/c1-10-3-4-11(21-10)6-8-15(17)22-14-7-5-12(20-2)9-13(14)16(18)19/h3-9H,1-2H3. The van der Waals surface area contributed by atoms with Gasteiger partial charge in [-0.15, -0.1) is 0 Å². The summed E-state index contributed by atoms with van der Waals surface area (Å²) in [5, 5.41) is 11.0. The van der Waals surface area contributed by atoms with Gasteiger partial charge in [-0.05, 0) is 37.3 Å². The van der Waals surface area contributed by atoms with Crippen LogP contribution in [0.4, 0.5) is 5.69 Å².